The first kappa shape index (κ1) is 17.3. The monoisotopic (exact) mass is 345 g/mol. The normalized spacial score (nSPS) is 15.6. The fourth-order valence-electron chi connectivity index (χ4n) is 3.11. The van der Waals surface area contributed by atoms with E-state index in [4.69, 9.17) is 4.42 Å². The van der Waals surface area contributed by atoms with Gasteiger partial charge in [-0.05, 0) is 30.5 Å². The Morgan fingerprint density at radius 1 is 1.16 bits per heavy atom. The van der Waals surface area contributed by atoms with Crippen LogP contribution in [0.4, 0.5) is 0 Å². The Morgan fingerprint density at radius 2 is 1.88 bits per heavy atom. The van der Waals surface area contributed by atoms with E-state index in [1.807, 2.05) is 18.7 Å². The smallest absolute Gasteiger partial charge is 0.408 e. The molecule has 0 unspecified atom stereocenters. The Morgan fingerprint density at radius 3 is 2.64 bits per heavy atom. The molecule has 1 aromatic heterocycles. The van der Waals surface area contributed by atoms with E-state index in [9.17, 15) is 14.4 Å². The second-order valence-corrected chi connectivity index (χ2v) is 6.85. The SMILES string of the molecule is CC(C)CC(=O)N1CCCN(C(=O)c2ccc3[nH]c(=O)oc3c2)CC1. The molecule has 0 spiro atoms. The lowest BCUT2D eigenvalue weighted by Gasteiger charge is -2.23. The van der Waals surface area contributed by atoms with Crippen LogP contribution in [0, 0.1) is 5.92 Å². The van der Waals surface area contributed by atoms with Gasteiger partial charge in [-0.2, -0.15) is 0 Å². The van der Waals surface area contributed by atoms with Gasteiger partial charge in [0.25, 0.3) is 5.91 Å². The maximum atomic E-state index is 12.7. The van der Waals surface area contributed by atoms with Crippen LogP contribution in [0.2, 0.25) is 0 Å². The fourth-order valence-corrected chi connectivity index (χ4v) is 3.11. The highest BCUT2D eigenvalue weighted by atomic mass is 16.4. The molecular formula is C18H23N3O4. The molecule has 2 amide bonds. The van der Waals surface area contributed by atoms with Crippen LogP contribution in [0.1, 0.15) is 37.0 Å². The van der Waals surface area contributed by atoms with Gasteiger partial charge in [-0.15, -0.1) is 0 Å². The molecule has 7 heteroatoms. The number of hydrogen-bond acceptors (Lipinski definition) is 4. The largest absolute Gasteiger partial charge is 0.417 e. The predicted molar refractivity (Wildman–Crippen MR) is 93.4 cm³/mol. The summed E-state index contributed by atoms with van der Waals surface area (Å²) >= 11 is 0. The van der Waals surface area contributed by atoms with Crippen molar-refractivity contribution in [3.8, 4) is 0 Å². The highest BCUT2D eigenvalue weighted by molar-refractivity contribution is 5.97. The third-order valence-electron chi connectivity index (χ3n) is 4.39. The van der Waals surface area contributed by atoms with Crippen molar-refractivity contribution >= 4 is 22.9 Å². The summed E-state index contributed by atoms with van der Waals surface area (Å²) < 4.78 is 5.02. The van der Waals surface area contributed by atoms with Gasteiger partial charge in [-0.25, -0.2) is 4.79 Å². The quantitative estimate of drug-likeness (QED) is 0.920. The Bertz CT molecular complexity index is 836. The number of aromatic amines is 1. The lowest BCUT2D eigenvalue weighted by molar-refractivity contribution is -0.131. The molecule has 0 atom stereocenters. The van der Waals surface area contributed by atoms with Crippen molar-refractivity contribution < 1.29 is 14.0 Å². The zero-order valence-corrected chi connectivity index (χ0v) is 14.6. The maximum Gasteiger partial charge on any atom is 0.417 e. The molecule has 0 bridgehead atoms. The molecule has 0 aliphatic carbocycles. The Balaban J connectivity index is 1.69. The molecule has 1 saturated heterocycles. The molecule has 3 rings (SSSR count). The summed E-state index contributed by atoms with van der Waals surface area (Å²) in [5.41, 5.74) is 1.43. The molecule has 1 N–H and O–H groups in total. The van der Waals surface area contributed by atoms with Crippen molar-refractivity contribution in [2.75, 3.05) is 26.2 Å². The minimum Gasteiger partial charge on any atom is -0.408 e. The van der Waals surface area contributed by atoms with E-state index < -0.39 is 5.76 Å². The Hall–Kier alpha value is -2.57. The number of carbonyl (C=O) groups is 2. The summed E-state index contributed by atoms with van der Waals surface area (Å²) in [7, 11) is 0. The second kappa shape index (κ2) is 7.13. The number of hydrogen-bond donors (Lipinski definition) is 1. The summed E-state index contributed by atoms with van der Waals surface area (Å²) in [4.78, 5) is 42.4. The number of rotatable bonds is 3. The average Bonchev–Trinajstić information content (AvgIpc) is 2.77. The molecule has 1 aromatic carbocycles. The molecule has 25 heavy (non-hydrogen) atoms. The van der Waals surface area contributed by atoms with Gasteiger partial charge in [-0.1, -0.05) is 13.8 Å². The molecule has 0 radical (unpaired) electrons. The van der Waals surface area contributed by atoms with E-state index in [2.05, 4.69) is 4.98 Å². The molecule has 1 fully saturated rings. The minimum atomic E-state index is -0.534. The third-order valence-corrected chi connectivity index (χ3v) is 4.39. The van der Waals surface area contributed by atoms with Crippen LogP contribution >= 0.6 is 0 Å². The summed E-state index contributed by atoms with van der Waals surface area (Å²) in [6.45, 7) is 6.42. The fraction of sp³-hybridized carbons (Fsp3) is 0.500. The summed E-state index contributed by atoms with van der Waals surface area (Å²) in [6, 6.07) is 4.94. The molecule has 7 nitrogen and oxygen atoms in total. The van der Waals surface area contributed by atoms with Crippen LogP contribution in [-0.4, -0.2) is 52.8 Å². The molecule has 2 heterocycles. The topological polar surface area (TPSA) is 86.6 Å². The number of fused-ring (bicyclic) bond motifs is 1. The van der Waals surface area contributed by atoms with Crippen molar-refractivity contribution in [3.05, 3.63) is 34.3 Å². The predicted octanol–water partition coefficient (Wildman–Crippen LogP) is 1.84. The van der Waals surface area contributed by atoms with Crippen molar-refractivity contribution in [1.82, 2.24) is 14.8 Å². The highest BCUT2D eigenvalue weighted by Crippen LogP contribution is 2.16. The first-order valence-corrected chi connectivity index (χ1v) is 8.64. The van der Waals surface area contributed by atoms with Gasteiger partial charge in [0.15, 0.2) is 5.58 Å². The highest BCUT2D eigenvalue weighted by Gasteiger charge is 2.23. The number of nitrogens with one attached hydrogen (secondary N) is 1. The Kier molecular flexibility index (Phi) is 4.92. The van der Waals surface area contributed by atoms with Crippen LogP contribution in [0.25, 0.3) is 11.1 Å². The number of carbonyl (C=O) groups excluding carboxylic acids is 2. The van der Waals surface area contributed by atoms with E-state index >= 15 is 0 Å². The lowest BCUT2D eigenvalue weighted by atomic mass is 10.1. The molecule has 1 aliphatic rings. The Labute approximate surface area is 145 Å². The van der Waals surface area contributed by atoms with Gasteiger partial charge in [0.2, 0.25) is 5.91 Å². The van der Waals surface area contributed by atoms with E-state index in [1.54, 1.807) is 23.1 Å². The van der Waals surface area contributed by atoms with Gasteiger partial charge < -0.3 is 14.2 Å². The molecular weight excluding hydrogens is 322 g/mol. The zero-order valence-electron chi connectivity index (χ0n) is 14.6. The molecule has 1 aliphatic heterocycles. The van der Waals surface area contributed by atoms with Gasteiger partial charge >= 0.3 is 5.76 Å². The van der Waals surface area contributed by atoms with E-state index in [-0.39, 0.29) is 11.8 Å². The molecule has 0 saturated carbocycles. The van der Waals surface area contributed by atoms with E-state index in [0.717, 1.165) is 6.42 Å². The number of nitrogens with zero attached hydrogens (tertiary/aromatic N) is 2. The first-order chi connectivity index (χ1) is 11.9. The van der Waals surface area contributed by atoms with Gasteiger partial charge in [-0.3, -0.25) is 14.6 Å². The van der Waals surface area contributed by atoms with Crippen molar-refractivity contribution in [2.24, 2.45) is 5.92 Å². The standard InChI is InChI=1S/C18H23N3O4/c1-12(2)10-16(22)20-6-3-7-21(9-8-20)17(23)13-4-5-14-15(11-13)25-18(24)19-14/h4-5,11-12H,3,6-10H2,1-2H3,(H,19,24). The summed E-state index contributed by atoms with van der Waals surface area (Å²) in [5.74, 6) is -0.159. The second-order valence-electron chi connectivity index (χ2n) is 6.85. The van der Waals surface area contributed by atoms with Gasteiger partial charge in [0, 0.05) is 38.2 Å². The van der Waals surface area contributed by atoms with Gasteiger partial charge in [0.1, 0.15) is 0 Å². The van der Waals surface area contributed by atoms with Crippen LogP contribution in [0.15, 0.2) is 27.4 Å². The molecule has 134 valence electrons. The first-order valence-electron chi connectivity index (χ1n) is 8.64. The van der Waals surface area contributed by atoms with E-state index in [0.29, 0.717) is 55.2 Å². The number of aromatic nitrogens is 1. The van der Waals surface area contributed by atoms with Crippen LogP contribution in [0.5, 0.6) is 0 Å². The van der Waals surface area contributed by atoms with Crippen molar-refractivity contribution in [2.45, 2.75) is 26.7 Å². The number of H-pyrrole nitrogens is 1. The minimum absolute atomic E-state index is 0.107. The maximum absolute atomic E-state index is 12.7. The number of benzene rings is 1. The summed E-state index contributed by atoms with van der Waals surface area (Å²) in [6.07, 6.45) is 1.30. The van der Waals surface area contributed by atoms with Crippen LogP contribution < -0.4 is 5.76 Å². The molecule has 2 aromatic rings. The average molecular weight is 345 g/mol. The van der Waals surface area contributed by atoms with Crippen LogP contribution in [-0.2, 0) is 4.79 Å². The lowest BCUT2D eigenvalue weighted by Crippen LogP contribution is -2.37. The van der Waals surface area contributed by atoms with Crippen molar-refractivity contribution in [3.63, 3.8) is 0 Å². The zero-order chi connectivity index (χ0) is 18.0. The van der Waals surface area contributed by atoms with E-state index in [1.165, 1.54) is 0 Å². The number of oxazole rings is 1. The summed E-state index contributed by atoms with van der Waals surface area (Å²) in [5, 5.41) is 0. The van der Waals surface area contributed by atoms with Gasteiger partial charge in [0.05, 0.1) is 5.52 Å². The van der Waals surface area contributed by atoms with Crippen LogP contribution in [0.3, 0.4) is 0 Å². The number of amides is 2. The third kappa shape index (κ3) is 3.92. The van der Waals surface area contributed by atoms with Crippen molar-refractivity contribution in [1.29, 1.82) is 0 Å².